The van der Waals surface area contributed by atoms with E-state index >= 15 is 0 Å². The summed E-state index contributed by atoms with van der Waals surface area (Å²) >= 11 is 9.36. The molecule has 0 saturated carbocycles. The molecule has 0 fully saturated rings. The van der Waals surface area contributed by atoms with E-state index in [1.807, 2.05) is 148 Å². The van der Waals surface area contributed by atoms with E-state index in [0.717, 1.165) is 43.8 Å². The smallest absolute Gasteiger partial charge is 0.262 e. The molecule has 1 atom stereocenters. The number of imidazole rings is 1. The fourth-order valence-corrected chi connectivity index (χ4v) is 12.4. The number of allylic oxidation sites excluding steroid dienone is 5. The SMILES string of the molecule is CC(C)(C)c1cc(C=C(C#N)C#N)cc(Br)c1O.COc1cc(CC(C#N)C(N)=O)cc(CSc2nc3ccccc3[nH]2)c1O.N#C/C(=C\c1ccc(O)c(O)c1)C(=O)NCc1ccccc1.N#C/C(=C\c1ccc(O)c(O)c1)C(N)=O.N#C/C(=C\c1ccc(O)c(O)c1)C(N)=S.N#CC(C#N)=C(N)/C(C#N)=C/c1ccc(O)cc1.N#CC(C#N)=C(N)/C(C#N)=C/c1ccc2[nH]ccc2c1. The number of aromatic amines is 2. The van der Waals surface area contributed by atoms with Crippen molar-refractivity contribution in [1.82, 2.24) is 20.3 Å². The number of nitrogens with zero attached hydrogens (tertiary/aromatic N) is 13. The number of carbonyl (C=O) groups is 3. The maximum atomic E-state index is 12.0. The molecule has 672 valence electrons. The number of nitrogens with two attached hydrogens (primary N) is 5. The molecule has 135 heavy (non-hydrogen) atoms. The van der Waals surface area contributed by atoms with Crippen LogP contribution in [0.2, 0.25) is 0 Å². The second-order valence-electron chi connectivity index (χ2n) is 28.3. The summed E-state index contributed by atoms with van der Waals surface area (Å²) in [6.07, 6.45) is 10.5. The molecule has 37 heteroatoms. The summed E-state index contributed by atoms with van der Waals surface area (Å²) in [4.78, 5) is 44.8. The Bertz CT molecular complexity index is 6970. The highest BCUT2D eigenvalue weighted by atomic mass is 79.9. The molecule has 0 saturated heterocycles. The van der Waals surface area contributed by atoms with Gasteiger partial charge < -0.3 is 94.6 Å². The number of ether oxygens (including phenoxy) is 1. The van der Waals surface area contributed by atoms with Gasteiger partial charge in [-0.1, -0.05) is 130 Å². The minimum atomic E-state index is -0.935. The number of halogens is 1. The Kier molecular flexibility index (Phi) is 41.3. The van der Waals surface area contributed by atoms with Crippen molar-refractivity contribution in [3.8, 4) is 130 Å². The molecule has 0 radical (unpaired) electrons. The highest BCUT2D eigenvalue weighted by molar-refractivity contribution is 9.10. The topological polar surface area (TPSA) is 715 Å². The number of fused-ring (bicyclic) bond motifs is 2. The number of aromatic nitrogens is 3. The normalized spacial score (nSPS) is 10.7. The number of carbonyl (C=O) groups excluding carboxylic acids is 3. The van der Waals surface area contributed by atoms with Gasteiger partial charge in [-0.05, 0) is 211 Å². The number of hydrogen-bond acceptors (Lipinski definition) is 30. The molecule has 0 spiro atoms. The molecular formula is C98H78BrN21O13S2. The van der Waals surface area contributed by atoms with Gasteiger partial charge in [0.05, 0.1) is 56.8 Å². The number of hydrogen-bond donors (Lipinski definition) is 17. The first-order valence-corrected chi connectivity index (χ1v) is 40.7. The van der Waals surface area contributed by atoms with Gasteiger partial charge >= 0.3 is 0 Å². The van der Waals surface area contributed by atoms with Crippen LogP contribution in [0.5, 0.6) is 57.5 Å². The molecule has 0 aliphatic rings. The number of phenolic OH excluding ortho intramolecular Hbond substituents is 9. The molecule has 34 nitrogen and oxygen atoms in total. The zero-order valence-electron chi connectivity index (χ0n) is 71.6. The summed E-state index contributed by atoms with van der Waals surface area (Å²) in [6.45, 7) is 6.27. The Morgan fingerprint density at radius 3 is 1.43 bits per heavy atom. The van der Waals surface area contributed by atoms with Crippen LogP contribution in [0.25, 0.3) is 58.4 Å². The van der Waals surface area contributed by atoms with Crippen LogP contribution in [0.3, 0.4) is 0 Å². The first kappa shape index (κ1) is 106. The van der Waals surface area contributed by atoms with Crippen LogP contribution in [-0.2, 0) is 38.5 Å². The number of H-pyrrole nitrogens is 2. The summed E-state index contributed by atoms with van der Waals surface area (Å²) in [6, 6.07) is 70.7. The first-order chi connectivity index (χ1) is 64.3. The highest BCUT2D eigenvalue weighted by Gasteiger charge is 2.23. The Morgan fingerprint density at radius 1 is 0.496 bits per heavy atom. The molecule has 11 rings (SSSR count). The van der Waals surface area contributed by atoms with Gasteiger partial charge in [0.1, 0.15) is 106 Å². The number of thiocarbonyl (C=S) groups is 1. The van der Waals surface area contributed by atoms with Gasteiger partial charge in [0.25, 0.3) is 11.8 Å². The second-order valence-corrected chi connectivity index (χ2v) is 30.6. The van der Waals surface area contributed by atoms with Crippen LogP contribution in [0.4, 0.5) is 0 Å². The van der Waals surface area contributed by atoms with Gasteiger partial charge in [-0.15, -0.1) is 0 Å². The van der Waals surface area contributed by atoms with Gasteiger partial charge in [0.2, 0.25) is 5.91 Å². The number of methoxy groups -OCH3 is 1. The first-order valence-electron chi connectivity index (χ1n) is 38.5. The van der Waals surface area contributed by atoms with E-state index < -0.39 is 23.6 Å². The largest absolute Gasteiger partial charge is 0.508 e. The molecule has 3 amide bonds. The maximum Gasteiger partial charge on any atom is 0.262 e. The number of primary amides is 2. The third kappa shape index (κ3) is 33.0. The van der Waals surface area contributed by atoms with E-state index in [2.05, 4.69) is 48.4 Å². The van der Waals surface area contributed by atoms with Gasteiger partial charge in [-0.3, -0.25) is 14.4 Å². The molecule has 0 aliphatic carbocycles. The highest BCUT2D eigenvalue weighted by Crippen LogP contribution is 2.39. The Hall–Kier alpha value is -19.5. The van der Waals surface area contributed by atoms with E-state index in [1.165, 1.54) is 116 Å². The molecule has 9 aromatic carbocycles. The Balaban J connectivity index is 0.000000281. The minimum absolute atomic E-state index is 0.00920. The Labute approximate surface area is 790 Å². The van der Waals surface area contributed by atoms with Crippen LogP contribution >= 0.6 is 39.9 Å². The number of benzene rings is 9. The number of para-hydroxylation sites is 2. The fraction of sp³-hybridized carbons (Fsp3) is 0.0918. The number of amides is 3. The summed E-state index contributed by atoms with van der Waals surface area (Å²) in [5, 5.41) is 195. The van der Waals surface area contributed by atoms with E-state index in [1.54, 1.807) is 72.8 Å². The summed E-state index contributed by atoms with van der Waals surface area (Å²) in [5.41, 5.74) is 34.9. The standard InChI is InChI=1S/C19H18N4O3S.C17H14N2O3.C15H9N5.C14H13BrN2O.C13H8N4O.C10H8N2O3.C10H8N2O2S/c1-26-16-8-11(6-12(9-20)18(21)25)7-13(17(16)24)10-27-19-22-14-4-2-3-5-15(14)23-19;18-10-14(8-13-6-7-15(20)16(21)9-13)17(22)19-11-12-4-2-1-3-5-12;16-7-12(15(19)13(8-17)9-18)6-10-1-2-14-11(5-10)3-4-20-14;1-14(2,3)11-5-9(4-10(7-16)8-17)6-12(15)13(11)18;14-6-10(13(17)11(7-15)8-16)5-9-1-3-12(18)4-2-9;2*11-5-7(10(12)15)3-6-1-2-8(13)9(14)4-6/h2-5,7-8,12,24H,6,10H2,1H3,(H2,21,25)(H,22,23);1-9,20-21H,11H2,(H,19,22);1-6,20H,19H2;4-6,18H,1-3H3;1-5,18H,17H2;2*1-4,13-14H,(H2,12,15)/b;14-8+;12-6+;;10-5+;2*7-3+. The summed E-state index contributed by atoms with van der Waals surface area (Å²) in [5.74, 6) is -3.57. The van der Waals surface area contributed by atoms with Crippen molar-refractivity contribution in [3.05, 3.63) is 304 Å². The number of nitrogens with one attached hydrogen (secondary N) is 3. The van der Waals surface area contributed by atoms with E-state index in [0.29, 0.717) is 55.7 Å². The quantitative estimate of drug-likeness (QED) is 0.00841. The van der Waals surface area contributed by atoms with Crippen molar-refractivity contribution in [3.63, 3.8) is 0 Å². The average Bonchev–Trinajstić information content (AvgIpc) is 1.80. The Morgan fingerprint density at radius 2 is 0.970 bits per heavy atom. The van der Waals surface area contributed by atoms with Crippen molar-refractivity contribution in [1.29, 1.82) is 63.1 Å². The number of nitriles is 12. The molecule has 0 aliphatic heterocycles. The average molecular weight is 1900 g/mol. The molecule has 2 aromatic heterocycles. The van der Waals surface area contributed by atoms with Crippen LogP contribution in [-0.4, -0.2) is 90.7 Å². The lowest BCUT2D eigenvalue weighted by Crippen LogP contribution is -2.23. The maximum absolute atomic E-state index is 12.0. The van der Waals surface area contributed by atoms with Crippen LogP contribution in [0.1, 0.15) is 76.4 Å². The molecule has 2 heterocycles. The van der Waals surface area contributed by atoms with Crippen molar-refractivity contribution in [2.45, 2.75) is 50.1 Å². The lowest BCUT2D eigenvalue weighted by Gasteiger charge is -2.21. The summed E-state index contributed by atoms with van der Waals surface area (Å²) < 4.78 is 5.77. The number of rotatable bonds is 20. The van der Waals surface area contributed by atoms with E-state index in [-0.39, 0.29) is 130 Å². The van der Waals surface area contributed by atoms with Crippen molar-refractivity contribution >= 4 is 121 Å². The van der Waals surface area contributed by atoms with Gasteiger partial charge in [-0.2, -0.15) is 63.1 Å². The molecule has 11 aromatic rings. The van der Waals surface area contributed by atoms with Crippen molar-refractivity contribution in [2.24, 2.45) is 34.6 Å². The van der Waals surface area contributed by atoms with Crippen LogP contribution in [0.15, 0.2) is 254 Å². The number of thioether (sulfide) groups is 1. The minimum Gasteiger partial charge on any atom is -0.508 e. The molecular weight excluding hydrogens is 1820 g/mol. The van der Waals surface area contributed by atoms with Crippen molar-refractivity contribution in [2.75, 3.05) is 7.11 Å². The zero-order chi connectivity index (χ0) is 100. The predicted octanol–water partition coefficient (Wildman–Crippen LogP) is 14.6. The predicted molar refractivity (Wildman–Crippen MR) is 509 cm³/mol. The van der Waals surface area contributed by atoms with Crippen LogP contribution in [0, 0.1) is 142 Å². The number of phenols is 9. The van der Waals surface area contributed by atoms with Crippen LogP contribution < -0.4 is 38.7 Å². The lowest BCUT2D eigenvalue weighted by molar-refractivity contribution is -0.120. The van der Waals surface area contributed by atoms with E-state index in [9.17, 15) is 39.9 Å². The molecule has 0 bridgehead atoms. The van der Waals surface area contributed by atoms with E-state index in [4.69, 9.17) is 117 Å². The van der Waals surface area contributed by atoms with Gasteiger partial charge in [0.15, 0.2) is 62.3 Å². The third-order valence-electron chi connectivity index (χ3n) is 17.8. The molecule has 22 N–H and O–H groups in total. The molecule has 1 unspecified atom stereocenters. The summed E-state index contributed by atoms with van der Waals surface area (Å²) in [7, 11) is 1.45. The lowest BCUT2D eigenvalue weighted by atomic mass is 9.85. The number of aromatic hydroxyl groups is 9. The third-order valence-corrected chi connectivity index (χ3v) is 19.6. The zero-order valence-corrected chi connectivity index (χ0v) is 74.8. The second kappa shape index (κ2) is 52.6. The van der Waals surface area contributed by atoms with Gasteiger partial charge in [0, 0.05) is 35.1 Å². The van der Waals surface area contributed by atoms with Crippen molar-refractivity contribution < 1.29 is 65.1 Å². The monoisotopic (exact) mass is 1900 g/mol. The fourth-order valence-electron chi connectivity index (χ4n) is 10.9. The van der Waals surface area contributed by atoms with Gasteiger partial charge in [-0.25, -0.2) is 4.98 Å².